The zero-order valence-electron chi connectivity index (χ0n) is 9.80. The first kappa shape index (κ1) is 11.5. The second-order valence-electron chi connectivity index (χ2n) is 3.87. The van der Waals surface area contributed by atoms with E-state index in [1.54, 1.807) is 0 Å². The molecular weight excluding hydrogens is 210 g/mol. The normalized spacial score (nSPS) is 10.9. The third-order valence-electron chi connectivity index (χ3n) is 2.52. The van der Waals surface area contributed by atoms with E-state index in [1.807, 2.05) is 55.5 Å². The van der Waals surface area contributed by atoms with Crippen molar-refractivity contribution in [1.82, 2.24) is 0 Å². The number of aryl methyl sites for hydroxylation is 1. The highest BCUT2D eigenvalue weighted by Crippen LogP contribution is 2.21. The van der Waals surface area contributed by atoms with Crippen molar-refractivity contribution in [2.24, 2.45) is 16.0 Å². The Morgan fingerprint density at radius 2 is 1.65 bits per heavy atom. The second-order valence-corrected chi connectivity index (χ2v) is 3.87. The third kappa shape index (κ3) is 2.98. The van der Waals surface area contributed by atoms with Crippen LogP contribution in [0.1, 0.15) is 11.1 Å². The molecule has 0 fully saturated rings. The fraction of sp³-hybridized carbons (Fsp3) is 0.143. The van der Waals surface area contributed by atoms with Gasteiger partial charge in [-0.3, -0.25) is 0 Å². The van der Waals surface area contributed by atoms with Crippen LogP contribution in [0.4, 0.5) is 11.4 Å². The van der Waals surface area contributed by atoms with Gasteiger partial charge in [0.2, 0.25) is 0 Å². The summed E-state index contributed by atoms with van der Waals surface area (Å²) in [6.07, 6.45) is 0. The first-order valence-electron chi connectivity index (χ1n) is 5.56. The zero-order valence-corrected chi connectivity index (χ0v) is 9.80. The molecule has 0 heterocycles. The van der Waals surface area contributed by atoms with Gasteiger partial charge in [0.15, 0.2) is 0 Å². The van der Waals surface area contributed by atoms with Crippen molar-refractivity contribution in [3.63, 3.8) is 0 Å². The minimum absolute atomic E-state index is 0.475. The van der Waals surface area contributed by atoms with Gasteiger partial charge in [-0.1, -0.05) is 35.9 Å². The van der Waals surface area contributed by atoms with Gasteiger partial charge in [-0.25, -0.2) is 0 Å². The molecule has 0 aliphatic rings. The highest BCUT2D eigenvalue weighted by atomic mass is 15.1. The van der Waals surface area contributed by atoms with E-state index < -0.39 is 0 Å². The zero-order chi connectivity index (χ0) is 12.1. The quantitative estimate of drug-likeness (QED) is 0.792. The molecule has 2 aromatic carbocycles. The van der Waals surface area contributed by atoms with Crippen LogP contribution in [0.25, 0.3) is 0 Å². The van der Waals surface area contributed by atoms with E-state index in [4.69, 9.17) is 5.73 Å². The summed E-state index contributed by atoms with van der Waals surface area (Å²) in [4.78, 5) is 0. The van der Waals surface area contributed by atoms with Crippen molar-refractivity contribution >= 4 is 11.4 Å². The third-order valence-corrected chi connectivity index (χ3v) is 2.52. The molecule has 0 aliphatic heterocycles. The number of nitrogens with zero attached hydrogens (tertiary/aromatic N) is 2. The van der Waals surface area contributed by atoms with E-state index in [0.717, 1.165) is 16.9 Å². The number of azo groups is 1. The standard InChI is InChI=1S/C14H15N3/c1-11-6-8-13(9-7-11)16-17-14-5-3-2-4-12(14)10-15/h2-9H,10,15H2,1H3. The molecule has 0 atom stereocenters. The van der Waals surface area contributed by atoms with Gasteiger partial charge in [-0.05, 0) is 30.7 Å². The molecule has 86 valence electrons. The van der Waals surface area contributed by atoms with Gasteiger partial charge in [0.1, 0.15) is 0 Å². The molecule has 2 N–H and O–H groups in total. The number of hydrogen-bond acceptors (Lipinski definition) is 3. The van der Waals surface area contributed by atoms with Crippen molar-refractivity contribution in [2.45, 2.75) is 13.5 Å². The minimum Gasteiger partial charge on any atom is -0.326 e. The van der Waals surface area contributed by atoms with Crippen LogP contribution in [0, 0.1) is 6.92 Å². The Bertz CT molecular complexity index is 515. The number of benzene rings is 2. The number of rotatable bonds is 3. The highest BCUT2D eigenvalue weighted by molar-refractivity contribution is 5.46. The van der Waals surface area contributed by atoms with E-state index >= 15 is 0 Å². The van der Waals surface area contributed by atoms with Crippen LogP contribution in [-0.4, -0.2) is 0 Å². The van der Waals surface area contributed by atoms with E-state index in [9.17, 15) is 0 Å². The molecule has 3 nitrogen and oxygen atoms in total. The van der Waals surface area contributed by atoms with Gasteiger partial charge in [0.05, 0.1) is 11.4 Å². The number of nitrogens with two attached hydrogens (primary N) is 1. The van der Waals surface area contributed by atoms with Crippen LogP contribution in [0.3, 0.4) is 0 Å². The molecule has 17 heavy (non-hydrogen) atoms. The monoisotopic (exact) mass is 225 g/mol. The molecule has 2 rings (SSSR count). The lowest BCUT2D eigenvalue weighted by Gasteiger charge is -2.00. The Kier molecular flexibility index (Phi) is 3.62. The molecule has 0 amide bonds. The van der Waals surface area contributed by atoms with E-state index in [-0.39, 0.29) is 0 Å². The minimum atomic E-state index is 0.475. The Labute approximate surface area is 101 Å². The summed E-state index contributed by atoms with van der Waals surface area (Å²) < 4.78 is 0. The van der Waals surface area contributed by atoms with Crippen LogP contribution in [-0.2, 0) is 6.54 Å². The summed E-state index contributed by atoms with van der Waals surface area (Å²) in [6.45, 7) is 2.52. The first-order valence-corrected chi connectivity index (χ1v) is 5.56. The summed E-state index contributed by atoms with van der Waals surface area (Å²) in [5.41, 5.74) is 9.53. The SMILES string of the molecule is Cc1ccc(N=Nc2ccccc2CN)cc1. The number of hydrogen-bond donors (Lipinski definition) is 1. The molecule has 0 saturated heterocycles. The lowest BCUT2D eigenvalue weighted by Crippen LogP contribution is -1.95. The smallest absolute Gasteiger partial charge is 0.0901 e. The summed E-state index contributed by atoms with van der Waals surface area (Å²) >= 11 is 0. The van der Waals surface area contributed by atoms with Crippen LogP contribution in [0.5, 0.6) is 0 Å². The maximum Gasteiger partial charge on any atom is 0.0901 e. The lowest BCUT2D eigenvalue weighted by atomic mass is 10.2. The van der Waals surface area contributed by atoms with Crippen LogP contribution in [0.2, 0.25) is 0 Å². The van der Waals surface area contributed by atoms with E-state index in [0.29, 0.717) is 6.54 Å². The van der Waals surface area contributed by atoms with Gasteiger partial charge in [0.25, 0.3) is 0 Å². The van der Waals surface area contributed by atoms with Crippen molar-refractivity contribution in [3.05, 3.63) is 59.7 Å². The van der Waals surface area contributed by atoms with Gasteiger partial charge in [0, 0.05) is 6.54 Å². The fourth-order valence-electron chi connectivity index (χ4n) is 1.50. The van der Waals surface area contributed by atoms with Crippen molar-refractivity contribution in [2.75, 3.05) is 0 Å². The van der Waals surface area contributed by atoms with Crippen molar-refractivity contribution in [3.8, 4) is 0 Å². The topological polar surface area (TPSA) is 50.7 Å². The summed E-state index contributed by atoms with van der Waals surface area (Å²) in [5, 5.41) is 8.42. The molecule has 0 aromatic heterocycles. The maximum atomic E-state index is 5.64. The molecule has 0 spiro atoms. The Morgan fingerprint density at radius 1 is 0.941 bits per heavy atom. The van der Waals surface area contributed by atoms with Crippen LogP contribution >= 0.6 is 0 Å². The Hall–Kier alpha value is -2.00. The van der Waals surface area contributed by atoms with Gasteiger partial charge in [-0.2, -0.15) is 10.2 Å². The first-order chi connectivity index (χ1) is 8.29. The van der Waals surface area contributed by atoms with Gasteiger partial charge < -0.3 is 5.73 Å². The molecule has 0 aliphatic carbocycles. The highest BCUT2D eigenvalue weighted by Gasteiger charge is 1.97. The second kappa shape index (κ2) is 5.37. The molecule has 0 saturated carbocycles. The van der Waals surface area contributed by atoms with Crippen molar-refractivity contribution < 1.29 is 0 Å². The van der Waals surface area contributed by atoms with Crippen molar-refractivity contribution in [1.29, 1.82) is 0 Å². The van der Waals surface area contributed by atoms with Gasteiger partial charge >= 0.3 is 0 Å². The van der Waals surface area contributed by atoms with Crippen LogP contribution in [0.15, 0.2) is 58.8 Å². The molecule has 3 heteroatoms. The summed E-state index contributed by atoms with van der Waals surface area (Å²) in [7, 11) is 0. The van der Waals surface area contributed by atoms with E-state index in [1.165, 1.54) is 5.56 Å². The molecular formula is C14H15N3. The average molecular weight is 225 g/mol. The largest absolute Gasteiger partial charge is 0.326 e. The lowest BCUT2D eigenvalue weighted by molar-refractivity contribution is 1.05. The predicted molar refractivity (Wildman–Crippen MR) is 69.7 cm³/mol. The molecule has 0 unspecified atom stereocenters. The van der Waals surface area contributed by atoms with Gasteiger partial charge in [-0.15, -0.1) is 0 Å². The summed E-state index contributed by atoms with van der Waals surface area (Å²) in [5.74, 6) is 0. The van der Waals surface area contributed by atoms with Crippen LogP contribution < -0.4 is 5.73 Å². The maximum absolute atomic E-state index is 5.64. The van der Waals surface area contributed by atoms with E-state index in [2.05, 4.69) is 10.2 Å². The predicted octanol–water partition coefficient (Wildman–Crippen LogP) is 3.87. The average Bonchev–Trinajstić information content (AvgIpc) is 2.38. The molecule has 2 aromatic rings. The Balaban J connectivity index is 2.22. The molecule has 0 bridgehead atoms. The molecule has 0 radical (unpaired) electrons. The fourth-order valence-corrected chi connectivity index (χ4v) is 1.50. The Morgan fingerprint density at radius 3 is 2.35 bits per heavy atom. The summed E-state index contributed by atoms with van der Waals surface area (Å²) in [6, 6.07) is 15.7.